The Bertz CT molecular complexity index is 173. The molecule has 0 saturated carbocycles. The van der Waals surface area contributed by atoms with E-state index in [1.165, 1.54) is 6.42 Å². The van der Waals surface area contributed by atoms with E-state index >= 15 is 0 Å². The average molecular weight is 175 g/mol. The first-order valence-corrected chi connectivity index (χ1v) is 6.19. The average Bonchev–Trinajstić information content (AvgIpc) is 1.87. The molecule has 11 heavy (non-hydrogen) atoms. The summed E-state index contributed by atoms with van der Waals surface area (Å²) in [6, 6.07) is 0. The van der Waals surface area contributed by atoms with Gasteiger partial charge in [0.25, 0.3) is 0 Å². The van der Waals surface area contributed by atoms with Gasteiger partial charge >= 0.3 is 0 Å². The van der Waals surface area contributed by atoms with Crippen LogP contribution in [0, 0.1) is 0 Å². The van der Waals surface area contributed by atoms with Gasteiger partial charge in [-0.15, -0.1) is 0 Å². The van der Waals surface area contributed by atoms with E-state index in [9.17, 15) is 4.57 Å². The predicted octanol–water partition coefficient (Wildman–Crippen LogP) is 2.45. The topological polar surface area (TPSA) is 29.1 Å². The Labute approximate surface area is 69.2 Å². The van der Waals surface area contributed by atoms with E-state index in [4.69, 9.17) is 0 Å². The summed E-state index contributed by atoms with van der Waals surface area (Å²) in [6.07, 6.45) is 3.19. The third kappa shape index (κ3) is 1.86. The zero-order valence-corrected chi connectivity index (χ0v) is 8.58. The Morgan fingerprint density at radius 3 is 2.18 bits per heavy atom. The first-order valence-electron chi connectivity index (χ1n) is 4.30. The summed E-state index contributed by atoms with van der Waals surface area (Å²) in [5, 5.41) is 3.14. The van der Waals surface area contributed by atoms with E-state index in [2.05, 4.69) is 25.9 Å². The van der Waals surface area contributed by atoms with Crippen LogP contribution in [-0.4, -0.2) is 17.9 Å². The lowest BCUT2D eigenvalue weighted by Gasteiger charge is -2.34. The molecular formula is C8H18NOP. The van der Waals surface area contributed by atoms with Gasteiger partial charge in [-0.3, -0.25) is 5.09 Å². The minimum atomic E-state index is -2.05. The van der Waals surface area contributed by atoms with Crippen LogP contribution in [0.25, 0.3) is 0 Å². The van der Waals surface area contributed by atoms with E-state index in [1.807, 2.05) is 0 Å². The summed E-state index contributed by atoms with van der Waals surface area (Å²) in [4.78, 5) is 0. The second-order valence-corrected chi connectivity index (χ2v) is 7.83. The van der Waals surface area contributed by atoms with Crippen molar-refractivity contribution in [2.75, 3.05) is 12.7 Å². The molecule has 66 valence electrons. The summed E-state index contributed by atoms with van der Waals surface area (Å²) in [7, 11) is -2.05. The molecule has 0 bridgehead atoms. The highest BCUT2D eigenvalue weighted by molar-refractivity contribution is 7.63. The third-order valence-corrected chi connectivity index (χ3v) is 6.20. The molecule has 0 spiro atoms. The van der Waals surface area contributed by atoms with Crippen LogP contribution in [0.1, 0.15) is 33.6 Å². The molecule has 1 heterocycles. The Kier molecular flexibility index (Phi) is 2.46. The lowest BCUT2D eigenvalue weighted by atomic mass is 10.3. The Balaban J connectivity index is 2.73. The Morgan fingerprint density at radius 2 is 1.91 bits per heavy atom. The highest BCUT2D eigenvalue weighted by atomic mass is 31.2. The number of rotatable bonds is 0. The minimum Gasteiger partial charge on any atom is -0.306 e. The molecule has 0 amide bonds. The maximum Gasteiger partial charge on any atom is 0.152 e. The van der Waals surface area contributed by atoms with Crippen molar-refractivity contribution in [1.29, 1.82) is 0 Å². The van der Waals surface area contributed by atoms with Crippen molar-refractivity contribution in [2.45, 2.75) is 38.8 Å². The lowest BCUT2D eigenvalue weighted by Crippen LogP contribution is -2.31. The van der Waals surface area contributed by atoms with E-state index < -0.39 is 7.29 Å². The summed E-state index contributed by atoms with van der Waals surface area (Å²) >= 11 is 0. The van der Waals surface area contributed by atoms with Crippen LogP contribution in [0.3, 0.4) is 0 Å². The Hall–Kier alpha value is 0.190. The van der Waals surface area contributed by atoms with E-state index in [0.29, 0.717) is 0 Å². The van der Waals surface area contributed by atoms with Gasteiger partial charge in [0.1, 0.15) is 0 Å². The minimum absolute atomic E-state index is 0.0482. The normalized spacial score (nSPS) is 33.7. The summed E-state index contributed by atoms with van der Waals surface area (Å²) in [6.45, 7) is 7.12. The fraction of sp³-hybridized carbons (Fsp3) is 1.00. The zero-order chi connectivity index (χ0) is 8.54. The first-order chi connectivity index (χ1) is 4.96. The number of hydrogen-bond donors (Lipinski definition) is 1. The maximum atomic E-state index is 12.1. The molecule has 3 heteroatoms. The second-order valence-electron chi connectivity index (χ2n) is 4.25. The molecule has 1 atom stereocenters. The largest absolute Gasteiger partial charge is 0.306 e. The molecule has 2 nitrogen and oxygen atoms in total. The smallest absolute Gasteiger partial charge is 0.152 e. The molecule has 1 saturated heterocycles. The van der Waals surface area contributed by atoms with Gasteiger partial charge in [-0.05, 0) is 12.8 Å². The highest BCUT2D eigenvalue weighted by Crippen LogP contribution is 2.55. The van der Waals surface area contributed by atoms with Gasteiger partial charge in [0.15, 0.2) is 7.29 Å². The van der Waals surface area contributed by atoms with Gasteiger partial charge in [0.2, 0.25) is 0 Å². The summed E-state index contributed by atoms with van der Waals surface area (Å²) < 4.78 is 12.1. The van der Waals surface area contributed by atoms with Crippen LogP contribution >= 0.6 is 7.29 Å². The first kappa shape index (κ1) is 9.28. The summed E-state index contributed by atoms with van der Waals surface area (Å²) in [5.74, 6) is 0. The molecule has 0 aromatic rings. The third-order valence-electron chi connectivity index (χ3n) is 2.35. The Morgan fingerprint density at radius 1 is 1.27 bits per heavy atom. The maximum absolute atomic E-state index is 12.1. The fourth-order valence-electron chi connectivity index (χ4n) is 1.37. The van der Waals surface area contributed by atoms with Crippen LogP contribution in [0.15, 0.2) is 0 Å². The molecule has 1 fully saturated rings. The van der Waals surface area contributed by atoms with Crippen LogP contribution in [-0.2, 0) is 4.57 Å². The van der Waals surface area contributed by atoms with Crippen molar-refractivity contribution in [3.05, 3.63) is 0 Å². The van der Waals surface area contributed by atoms with Crippen LogP contribution in [0.4, 0.5) is 0 Å². The molecule has 0 radical (unpaired) electrons. The quantitative estimate of drug-likeness (QED) is 0.573. The van der Waals surface area contributed by atoms with E-state index in [0.717, 1.165) is 19.1 Å². The van der Waals surface area contributed by atoms with Crippen molar-refractivity contribution in [2.24, 2.45) is 0 Å². The number of nitrogens with one attached hydrogen (secondary N) is 1. The molecule has 1 N–H and O–H groups in total. The molecule has 0 aliphatic carbocycles. The van der Waals surface area contributed by atoms with Crippen LogP contribution in [0.5, 0.6) is 0 Å². The van der Waals surface area contributed by atoms with Gasteiger partial charge in [0.05, 0.1) is 0 Å². The molecule has 1 unspecified atom stereocenters. The van der Waals surface area contributed by atoms with E-state index in [-0.39, 0.29) is 5.16 Å². The number of hydrogen-bond acceptors (Lipinski definition) is 1. The van der Waals surface area contributed by atoms with E-state index in [1.54, 1.807) is 0 Å². The standard InChI is InChI=1S/C8H18NOP/c1-8(2,3)11(10)7-5-4-6-9-11/h4-7H2,1-3H3,(H,9,10). The van der Waals surface area contributed by atoms with Gasteiger partial charge in [-0.25, -0.2) is 0 Å². The molecular weight excluding hydrogens is 157 g/mol. The molecule has 1 rings (SSSR count). The van der Waals surface area contributed by atoms with Crippen molar-refractivity contribution in [3.8, 4) is 0 Å². The van der Waals surface area contributed by atoms with Crippen LogP contribution in [0.2, 0.25) is 0 Å². The molecule has 0 aromatic carbocycles. The second kappa shape index (κ2) is 2.91. The van der Waals surface area contributed by atoms with Crippen molar-refractivity contribution in [1.82, 2.24) is 5.09 Å². The fourth-order valence-corrected chi connectivity index (χ4v) is 3.86. The van der Waals surface area contributed by atoms with Gasteiger partial charge in [-0.2, -0.15) is 0 Å². The van der Waals surface area contributed by atoms with Crippen molar-refractivity contribution in [3.63, 3.8) is 0 Å². The van der Waals surface area contributed by atoms with Crippen molar-refractivity contribution < 1.29 is 4.57 Å². The molecule has 1 aliphatic heterocycles. The highest BCUT2D eigenvalue weighted by Gasteiger charge is 2.36. The molecule has 1 aliphatic rings. The van der Waals surface area contributed by atoms with Gasteiger partial charge in [0, 0.05) is 17.9 Å². The zero-order valence-electron chi connectivity index (χ0n) is 7.68. The van der Waals surface area contributed by atoms with Gasteiger partial charge < -0.3 is 4.57 Å². The lowest BCUT2D eigenvalue weighted by molar-refractivity contribution is 0.518. The van der Waals surface area contributed by atoms with Crippen LogP contribution < -0.4 is 5.09 Å². The monoisotopic (exact) mass is 175 g/mol. The molecule has 0 aromatic heterocycles. The van der Waals surface area contributed by atoms with Gasteiger partial charge in [-0.1, -0.05) is 20.8 Å². The SMILES string of the molecule is CC(C)(C)P1(=O)CCCCN1. The van der Waals surface area contributed by atoms with Crippen molar-refractivity contribution >= 4 is 7.29 Å². The summed E-state index contributed by atoms with van der Waals surface area (Å²) in [5.41, 5.74) is 0. The predicted molar refractivity (Wildman–Crippen MR) is 49.5 cm³/mol.